The van der Waals surface area contributed by atoms with Gasteiger partial charge in [0, 0.05) is 28.4 Å². The second kappa shape index (κ2) is 8.12. The number of anilines is 1. The van der Waals surface area contributed by atoms with Crippen LogP contribution in [0.5, 0.6) is 11.5 Å². The van der Waals surface area contributed by atoms with Crippen LogP contribution in [0.1, 0.15) is 12.5 Å². The van der Waals surface area contributed by atoms with Gasteiger partial charge in [-0.25, -0.2) is 4.79 Å². The minimum atomic E-state index is -1.25. The van der Waals surface area contributed by atoms with E-state index >= 15 is 0 Å². The quantitative estimate of drug-likeness (QED) is 0.644. The molecular formula is C20H20BrN3O5. The van der Waals surface area contributed by atoms with Crippen LogP contribution in [0.2, 0.25) is 0 Å². The molecule has 3 rings (SSSR count). The molecule has 29 heavy (non-hydrogen) atoms. The Bertz CT molecular complexity index is 958. The van der Waals surface area contributed by atoms with E-state index in [2.05, 4.69) is 26.6 Å². The van der Waals surface area contributed by atoms with Crippen LogP contribution >= 0.6 is 15.9 Å². The lowest BCUT2D eigenvalue weighted by Crippen LogP contribution is -2.42. The van der Waals surface area contributed by atoms with Crippen molar-refractivity contribution < 1.29 is 23.9 Å². The Morgan fingerprint density at radius 2 is 1.79 bits per heavy atom. The summed E-state index contributed by atoms with van der Waals surface area (Å²) in [7, 11) is 2.99. The van der Waals surface area contributed by atoms with Crippen molar-refractivity contribution >= 4 is 39.5 Å². The Morgan fingerprint density at radius 3 is 2.38 bits per heavy atom. The average Bonchev–Trinajstić information content (AvgIpc) is 2.91. The highest BCUT2D eigenvalue weighted by molar-refractivity contribution is 9.10. The summed E-state index contributed by atoms with van der Waals surface area (Å²) in [6, 6.07) is 11.3. The summed E-state index contributed by atoms with van der Waals surface area (Å²) in [5.41, 5.74) is -0.209. The van der Waals surface area contributed by atoms with Crippen LogP contribution < -0.4 is 20.1 Å². The molecule has 0 radical (unpaired) electrons. The molecule has 1 saturated heterocycles. The van der Waals surface area contributed by atoms with Gasteiger partial charge in [0.05, 0.1) is 14.2 Å². The fourth-order valence-electron chi connectivity index (χ4n) is 3.06. The Morgan fingerprint density at radius 1 is 1.14 bits per heavy atom. The molecule has 0 bridgehead atoms. The Balaban J connectivity index is 1.76. The highest BCUT2D eigenvalue weighted by Gasteiger charge is 2.49. The molecule has 8 nitrogen and oxygen atoms in total. The van der Waals surface area contributed by atoms with E-state index in [0.29, 0.717) is 22.7 Å². The molecule has 9 heteroatoms. The van der Waals surface area contributed by atoms with E-state index in [9.17, 15) is 14.4 Å². The van der Waals surface area contributed by atoms with Crippen molar-refractivity contribution in [3.63, 3.8) is 0 Å². The molecule has 0 aliphatic carbocycles. The molecule has 1 aliphatic heterocycles. The van der Waals surface area contributed by atoms with Crippen LogP contribution in [0.15, 0.2) is 46.9 Å². The maximum absolute atomic E-state index is 12.9. The molecular weight excluding hydrogens is 442 g/mol. The highest BCUT2D eigenvalue weighted by Crippen LogP contribution is 2.30. The zero-order chi connectivity index (χ0) is 21.2. The van der Waals surface area contributed by atoms with Crippen molar-refractivity contribution in [2.45, 2.75) is 12.5 Å². The highest BCUT2D eigenvalue weighted by atomic mass is 79.9. The zero-order valence-corrected chi connectivity index (χ0v) is 17.7. The predicted molar refractivity (Wildman–Crippen MR) is 110 cm³/mol. The van der Waals surface area contributed by atoms with Gasteiger partial charge in [-0.3, -0.25) is 14.5 Å². The summed E-state index contributed by atoms with van der Waals surface area (Å²) in [5, 5.41) is 5.33. The number of carbonyl (C=O) groups excluding carboxylic acids is 3. The molecule has 1 fully saturated rings. The summed E-state index contributed by atoms with van der Waals surface area (Å²) in [6.07, 6.45) is 0. The summed E-state index contributed by atoms with van der Waals surface area (Å²) in [4.78, 5) is 38.7. The van der Waals surface area contributed by atoms with Crippen molar-refractivity contribution in [3.05, 3.63) is 52.5 Å². The zero-order valence-electron chi connectivity index (χ0n) is 16.1. The number of nitrogens with zero attached hydrogens (tertiary/aromatic N) is 1. The molecule has 2 aromatic carbocycles. The van der Waals surface area contributed by atoms with Gasteiger partial charge in [-0.05, 0) is 24.6 Å². The lowest BCUT2D eigenvalue weighted by molar-refractivity contribution is -0.133. The number of amides is 4. The topological polar surface area (TPSA) is 97.0 Å². The maximum atomic E-state index is 12.9. The van der Waals surface area contributed by atoms with Crippen LogP contribution in [-0.2, 0) is 15.1 Å². The molecule has 152 valence electrons. The minimum absolute atomic E-state index is 0.423. The van der Waals surface area contributed by atoms with Gasteiger partial charge in [0.25, 0.3) is 5.91 Å². The normalized spacial score (nSPS) is 18.4. The largest absolute Gasteiger partial charge is 0.497 e. The van der Waals surface area contributed by atoms with Crippen molar-refractivity contribution in [3.8, 4) is 11.5 Å². The van der Waals surface area contributed by atoms with Gasteiger partial charge < -0.3 is 20.1 Å². The van der Waals surface area contributed by atoms with Crippen molar-refractivity contribution in [2.24, 2.45) is 0 Å². The first-order valence-electron chi connectivity index (χ1n) is 8.70. The van der Waals surface area contributed by atoms with E-state index < -0.39 is 29.9 Å². The van der Waals surface area contributed by atoms with Gasteiger partial charge in [-0.2, -0.15) is 0 Å². The number of ether oxygens (including phenoxy) is 2. The van der Waals surface area contributed by atoms with E-state index in [-0.39, 0.29) is 0 Å². The number of hydrogen-bond acceptors (Lipinski definition) is 5. The minimum Gasteiger partial charge on any atom is -0.497 e. The summed E-state index contributed by atoms with van der Waals surface area (Å²) < 4.78 is 11.1. The van der Waals surface area contributed by atoms with Gasteiger partial charge in [0.15, 0.2) is 0 Å². The Labute approximate surface area is 176 Å². The van der Waals surface area contributed by atoms with Crippen LogP contribution in [-0.4, -0.2) is 43.5 Å². The van der Waals surface area contributed by atoms with Gasteiger partial charge in [-0.15, -0.1) is 0 Å². The Kier molecular flexibility index (Phi) is 5.78. The predicted octanol–water partition coefficient (Wildman–Crippen LogP) is 2.87. The number of methoxy groups -OCH3 is 2. The molecule has 2 N–H and O–H groups in total. The molecule has 4 amide bonds. The number of nitrogens with one attached hydrogen (secondary N) is 2. The maximum Gasteiger partial charge on any atom is 0.325 e. The van der Waals surface area contributed by atoms with E-state index in [0.717, 1.165) is 9.37 Å². The van der Waals surface area contributed by atoms with Crippen LogP contribution in [0.4, 0.5) is 10.5 Å². The Hall–Kier alpha value is -3.07. The number of halogens is 1. The van der Waals surface area contributed by atoms with Gasteiger partial charge >= 0.3 is 6.03 Å². The molecule has 0 aromatic heterocycles. The number of benzene rings is 2. The van der Waals surface area contributed by atoms with Crippen molar-refractivity contribution in [1.82, 2.24) is 10.2 Å². The monoisotopic (exact) mass is 461 g/mol. The van der Waals surface area contributed by atoms with Crippen LogP contribution in [0, 0.1) is 0 Å². The molecule has 1 atom stereocenters. The van der Waals surface area contributed by atoms with E-state index in [1.165, 1.54) is 14.2 Å². The lowest BCUT2D eigenvalue weighted by Gasteiger charge is -2.22. The molecule has 1 aliphatic rings. The van der Waals surface area contributed by atoms with Crippen LogP contribution in [0.3, 0.4) is 0 Å². The number of hydrogen-bond donors (Lipinski definition) is 2. The molecule has 0 spiro atoms. The average molecular weight is 462 g/mol. The lowest BCUT2D eigenvalue weighted by atomic mass is 9.92. The number of imide groups is 1. The van der Waals surface area contributed by atoms with Gasteiger partial charge in [0.2, 0.25) is 5.91 Å². The molecule has 0 saturated carbocycles. The number of urea groups is 1. The molecule has 1 heterocycles. The fourth-order valence-corrected chi connectivity index (χ4v) is 3.46. The third-order valence-electron chi connectivity index (χ3n) is 4.61. The fraction of sp³-hybridized carbons (Fsp3) is 0.250. The van der Waals surface area contributed by atoms with E-state index in [1.54, 1.807) is 43.3 Å². The van der Waals surface area contributed by atoms with E-state index in [1.807, 2.05) is 6.07 Å². The number of rotatable bonds is 6. The summed E-state index contributed by atoms with van der Waals surface area (Å²) in [6.45, 7) is 1.19. The summed E-state index contributed by atoms with van der Waals surface area (Å²) >= 11 is 3.36. The first kappa shape index (κ1) is 20.7. The second-order valence-corrected chi connectivity index (χ2v) is 7.52. The third-order valence-corrected chi connectivity index (χ3v) is 5.11. The standard InChI is InChI=1S/C20H20BrN3O5/c1-20(12-5-4-6-13(21)7-12)18(26)24(19(27)23-20)11-17(25)22-14-8-15(28-2)10-16(9-14)29-3/h4-10H,11H2,1-3H3,(H,22,25)(H,23,27)/t20-/m0/s1. The van der Waals surface area contributed by atoms with E-state index in [4.69, 9.17) is 9.47 Å². The molecule has 0 unspecified atom stereocenters. The first-order chi connectivity index (χ1) is 13.8. The molecule has 2 aromatic rings. The first-order valence-corrected chi connectivity index (χ1v) is 9.49. The SMILES string of the molecule is COc1cc(NC(=O)CN2C(=O)N[C@@](C)(c3cccc(Br)c3)C2=O)cc(OC)c1. The van der Waals surface area contributed by atoms with Crippen LogP contribution in [0.25, 0.3) is 0 Å². The van der Waals surface area contributed by atoms with Crippen molar-refractivity contribution in [1.29, 1.82) is 0 Å². The second-order valence-electron chi connectivity index (χ2n) is 6.61. The third kappa shape index (κ3) is 4.19. The number of carbonyl (C=O) groups is 3. The van der Waals surface area contributed by atoms with Crippen molar-refractivity contribution in [2.75, 3.05) is 26.1 Å². The van der Waals surface area contributed by atoms with Gasteiger partial charge in [0.1, 0.15) is 23.6 Å². The van der Waals surface area contributed by atoms with Gasteiger partial charge in [-0.1, -0.05) is 28.1 Å². The smallest absolute Gasteiger partial charge is 0.325 e. The summed E-state index contributed by atoms with van der Waals surface area (Å²) in [5.74, 6) is -0.0324.